The van der Waals surface area contributed by atoms with E-state index in [4.69, 9.17) is 14.3 Å². The number of aromatic hydroxyl groups is 1. The van der Waals surface area contributed by atoms with Crippen LogP contribution in [0.3, 0.4) is 0 Å². The molecular weight excluding hydrogens is 393 g/mol. The summed E-state index contributed by atoms with van der Waals surface area (Å²) in [4.78, 5) is 30.2. The van der Waals surface area contributed by atoms with Crippen molar-refractivity contribution in [3.8, 4) is 5.75 Å². The first-order valence-corrected chi connectivity index (χ1v) is 10.4. The summed E-state index contributed by atoms with van der Waals surface area (Å²) in [5, 5.41) is 10.2. The molecule has 0 unspecified atom stereocenters. The van der Waals surface area contributed by atoms with Crippen molar-refractivity contribution in [2.24, 2.45) is 11.8 Å². The van der Waals surface area contributed by atoms with Gasteiger partial charge in [0.05, 0.1) is 0 Å². The van der Waals surface area contributed by atoms with E-state index in [1.807, 2.05) is 0 Å². The Morgan fingerprint density at radius 1 is 1.13 bits per heavy atom. The Labute approximate surface area is 176 Å². The topological polar surface area (TPSA) is 85.3 Å². The molecule has 166 valence electrons. The number of hydrogen-bond acceptors (Lipinski definition) is 7. The zero-order valence-corrected chi connectivity index (χ0v) is 17.7. The van der Waals surface area contributed by atoms with Crippen molar-refractivity contribution in [2.45, 2.75) is 70.6 Å². The van der Waals surface area contributed by atoms with Gasteiger partial charge in [0.25, 0.3) is 0 Å². The van der Waals surface area contributed by atoms with Gasteiger partial charge >= 0.3 is 12.1 Å². The third kappa shape index (κ3) is 6.58. The maximum Gasteiger partial charge on any atom is 0.528 e. The van der Waals surface area contributed by atoms with Crippen LogP contribution >= 0.6 is 0 Å². The molecule has 30 heavy (non-hydrogen) atoms. The van der Waals surface area contributed by atoms with Crippen LogP contribution in [-0.4, -0.2) is 46.8 Å². The zero-order valence-electron chi connectivity index (χ0n) is 17.7. The molecule has 0 bridgehead atoms. The number of hydrogen-bond donors (Lipinski definition) is 1. The van der Waals surface area contributed by atoms with Crippen LogP contribution in [0, 0.1) is 11.8 Å². The highest BCUT2D eigenvalue weighted by Gasteiger charge is 2.45. The smallest absolute Gasteiger partial charge is 0.508 e. The van der Waals surface area contributed by atoms with E-state index in [-0.39, 0.29) is 18.3 Å². The van der Waals surface area contributed by atoms with Crippen molar-refractivity contribution in [1.29, 1.82) is 0 Å². The maximum absolute atomic E-state index is 13.9. The number of hydroxylamine groups is 2. The minimum atomic E-state index is -1.20. The van der Waals surface area contributed by atoms with E-state index >= 15 is 0 Å². The molecule has 1 aromatic rings. The molecule has 2 fully saturated rings. The van der Waals surface area contributed by atoms with Gasteiger partial charge in [0.15, 0.2) is 12.8 Å². The van der Waals surface area contributed by atoms with Gasteiger partial charge in [-0.1, -0.05) is 17.2 Å². The van der Waals surface area contributed by atoms with Crippen LogP contribution in [0.5, 0.6) is 5.75 Å². The minimum absolute atomic E-state index is 0.0495. The third-order valence-electron chi connectivity index (χ3n) is 5.11. The molecule has 0 aromatic heterocycles. The summed E-state index contributed by atoms with van der Waals surface area (Å²) in [6, 6.07) is 5.02. The molecule has 8 heteroatoms. The molecule has 2 aliphatic carbocycles. The highest BCUT2D eigenvalue weighted by Crippen LogP contribution is 2.46. The van der Waals surface area contributed by atoms with Crippen molar-refractivity contribution < 1.29 is 33.4 Å². The lowest BCUT2D eigenvalue weighted by Gasteiger charge is -2.29. The fraction of sp³-hybridized carbons (Fsp3) is 0.636. The van der Waals surface area contributed by atoms with Gasteiger partial charge in [0, 0.05) is 6.42 Å². The summed E-state index contributed by atoms with van der Waals surface area (Å²) >= 11 is 0. The molecule has 0 aliphatic heterocycles. The van der Waals surface area contributed by atoms with Crippen molar-refractivity contribution >= 4 is 12.1 Å². The van der Waals surface area contributed by atoms with Crippen LogP contribution in [-0.2, 0) is 25.5 Å². The normalized spacial score (nSPS) is 17.7. The molecule has 7 nitrogen and oxygen atoms in total. The molecule has 3 rings (SSSR count). The number of carbonyl (C=O) groups is 2. The van der Waals surface area contributed by atoms with Gasteiger partial charge in [0.1, 0.15) is 17.5 Å². The summed E-state index contributed by atoms with van der Waals surface area (Å²) in [6.45, 7) is 3.78. The minimum Gasteiger partial charge on any atom is -0.508 e. The molecule has 1 atom stereocenters. The second kappa shape index (κ2) is 9.20. The SMILES string of the molecule is CC(C)(C)OC(=O)ON(CF)[C@H](Cc1ccc(O)cc1)C(=O)OC(C1CC1)C1CC1. The molecule has 2 saturated carbocycles. The Bertz CT molecular complexity index is 727. The number of halogens is 1. The fourth-order valence-corrected chi connectivity index (χ4v) is 3.33. The first-order valence-electron chi connectivity index (χ1n) is 10.4. The van der Waals surface area contributed by atoms with Gasteiger partial charge in [-0.2, -0.15) is 0 Å². The summed E-state index contributed by atoms with van der Waals surface area (Å²) in [6.07, 6.45) is 2.90. The number of carbonyl (C=O) groups excluding carboxylic acids is 2. The van der Waals surface area contributed by atoms with Gasteiger partial charge in [-0.3, -0.25) is 4.79 Å². The second-order valence-corrected chi connectivity index (χ2v) is 9.06. The number of rotatable bonds is 9. The largest absolute Gasteiger partial charge is 0.528 e. The van der Waals surface area contributed by atoms with E-state index < -0.39 is 30.6 Å². The molecule has 0 spiro atoms. The monoisotopic (exact) mass is 423 g/mol. The molecule has 0 amide bonds. The van der Waals surface area contributed by atoms with Crippen LogP contribution in [0.2, 0.25) is 0 Å². The van der Waals surface area contributed by atoms with E-state index in [0.29, 0.717) is 22.5 Å². The Hall–Kier alpha value is -2.35. The van der Waals surface area contributed by atoms with Crippen molar-refractivity contribution in [1.82, 2.24) is 5.06 Å². The molecule has 0 saturated heterocycles. The van der Waals surface area contributed by atoms with E-state index in [0.717, 1.165) is 25.7 Å². The molecule has 1 N–H and O–H groups in total. The van der Waals surface area contributed by atoms with Crippen molar-refractivity contribution in [3.63, 3.8) is 0 Å². The Morgan fingerprint density at radius 3 is 2.17 bits per heavy atom. The number of phenolic OH excluding ortho intramolecular Hbond substituents is 1. The van der Waals surface area contributed by atoms with Crippen LogP contribution in [0.15, 0.2) is 24.3 Å². The Balaban J connectivity index is 1.74. The molecule has 0 radical (unpaired) electrons. The van der Waals surface area contributed by atoms with Gasteiger partial charge in [-0.25, -0.2) is 9.18 Å². The lowest BCUT2D eigenvalue weighted by molar-refractivity contribution is -0.202. The van der Waals surface area contributed by atoms with Crippen molar-refractivity contribution in [2.75, 3.05) is 6.80 Å². The molecular formula is C22H30FNO6. The highest BCUT2D eigenvalue weighted by molar-refractivity contribution is 5.76. The summed E-state index contributed by atoms with van der Waals surface area (Å²) in [5.74, 6) is 0.170. The fourth-order valence-electron chi connectivity index (χ4n) is 3.33. The number of phenols is 1. The average molecular weight is 423 g/mol. The van der Waals surface area contributed by atoms with E-state index in [2.05, 4.69) is 0 Å². The van der Waals surface area contributed by atoms with Gasteiger partial charge in [-0.15, -0.1) is 0 Å². The van der Waals surface area contributed by atoms with Crippen LogP contribution in [0.25, 0.3) is 0 Å². The first-order chi connectivity index (χ1) is 14.2. The van der Waals surface area contributed by atoms with Crippen LogP contribution < -0.4 is 0 Å². The summed E-state index contributed by atoms with van der Waals surface area (Å²) in [5.41, 5.74) is -0.162. The van der Waals surface area contributed by atoms with E-state index in [1.54, 1.807) is 32.9 Å². The molecule has 0 heterocycles. The number of benzene rings is 1. The summed E-state index contributed by atoms with van der Waals surface area (Å²) in [7, 11) is 0. The number of nitrogens with zero attached hydrogens (tertiary/aromatic N) is 1. The number of esters is 1. The van der Waals surface area contributed by atoms with Crippen LogP contribution in [0.4, 0.5) is 9.18 Å². The van der Waals surface area contributed by atoms with Crippen LogP contribution in [0.1, 0.15) is 52.0 Å². The maximum atomic E-state index is 13.9. The van der Waals surface area contributed by atoms with Gasteiger partial charge in [0.2, 0.25) is 0 Å². The standard InChI is InChI=1S/C22H30FNO6/c1-22(2,3)29-21(27)30-24(13-23)18(12-14-4-10-17(25)11-5-14)20(26)28-19(15-6-7-15)16-8-9-16/h4-5,10-11,15-16,18-19,25H,6-9,12-13H2,1-3H3/t18-/m1/s1. The van der Waals surface area contributed by atoms with E-state index in [9.17, 15) is 19.1 Å². The highest BCUT2D eigenvalue weighted by atomic mass is 19.1. The quantitative estimate of drug-likeness (QED) is 0.363. The predicted molar refractivity (Wildman–Crippen MR) is 106 cm³/mol. The third-order valence-corrected chi connectivity index (χ3v) is 5.11. The van der Waals surface area contributed by atoms with Crippen molar-refractivity contribution in [3.05, 3.63) is 29.8 Å². The Kier molecular flexibility index (Phi) is 6.85. The van der Waals surface area contributed by atoms with E-state index in [1.165, 1.54) is 12.1 Å². The molecule has 1 aromatic carbocycles. The zero-order chi connectivity index (χ0) is 21.9. The lowest BCUT2D eigenvalue weighted by atomic mass is 10.1. The van der Waals surface area contributed by atoms with Gasteiger partial charge in [-0.05, 0) is 76.0 Å². The number of alkyl halides is 1. The molecule has 2 aliphatic rings. The number of ether oxygens (including phenoxy) is 2. The Morgan fingerprint density at radius 2 is 1.70 bits per heavy atom. The first kappa shape index (κ1) is 22.3. The van der Waals surface area contributed by atoms with Gasteiger partial charge < -0.3 is 19.4 Å². The summed E-state index contributed by atoms with van der Waals surface area (Å²) < 4.78 is 24.7. The average Bonchev–Trinajstić information content (AvgIpc) is 3.55. The lowest BCUT2D eigenvalue weighted by Crippen LogP contribution is -2.46. The second-order valence-electron chi connectivity index (χ2n) is 9.06. The predicted octanol–water partition coefficient (Wildman–Crippen LogP) is 4.13.